The molecule has 3 amide bonds. The number of carbonyl (C=O) groups is 3. The molecule has 214 valence electrons. The number of hydrogen-bond acceptors (Lipinski definition) is 7. The molecule has 1 aliphatic heterocycles. The summed E-state index contributed by atoms with van der Waals surface area (Å²) in [4.78, 5) is 39.4. The zero-order valence-electron chi connectivity index (χ0n) is 22.7. The summed E-state index contributed by atoms with van der Waals surface area (Å²) in [5.74, 6) is 0.319. The molecule has 3 aromatic carbocycles. The van der Waals surface area contributed by atoms with Crippen molar-refractivity contribution in [1.29, 1.82) is 0 Å². The van der Waals surface area contributed by atoms with Crippen molar-refractivity contribution in [3.63, 3.8) is 0 Å². The molecule has 3 aromatic rings. The minimum Gasteiger partial charge on any atom is -0.492 e. The number of nitrogens with one attached hydrogen (secondary N) is 1. The molecule has 0 saturated carbocycles. The van der Waals surface area contributed by atoms with Gasteiger partial charge in [-0.2, -0.15) is 0 Å². The Morgan fingerprint density at radius 1 is 1.00 bits per heavy atom. The SMILES string of the molecule is CCOc1cc(/C=C2\SC(=O)N(CCOc3cccc(C)c3)C2=O)cc(Cl)c1OCC(=O)Nc1ccc(C)c(Cl)c1. The van der Waals surface area contributed by atoms with Crippen molar-refractivity contribution >= 4 is 63.8 Å². The van der Waals surface area contributed by atoms with Gasteiger partial charge in [-0.15, -0.1) is 0 Å². The van der Waals surface area contributed by atoms with Gasteiger partial charge in [-0.1, -0.05) is 41.4 Å². The third-order valence-corrected chi connectivity index (χ3v) is 7.47. The van der Waals surface area contributed by atoms with E-state index in [1.54, 1.807) is 43.3 Å². The van der Waals surface area contributed by atoms with Crippen molar-refractivity contribution in [2.45, 2.75) is 20.8 Å². The average Bonchev–Trinajstić information content (AvgIpc) is 3.18. The predicted octanol–water partition coefficient (Wildman–Crippen LogP) is 7.14. The number of rotatable bonds is 11. The molecule has 1 aliphatic rings. The fraction of sp³-hybridized carbons (Fsp3) is 0.233. The number of imide groups is 1. The molecule has 1 heterocycles. The van der Waals surface area contributed by atoms with Gasteiger partial charge in [0.15, 0.2) is 18.1 Å². The Morgan fingerprint density at radius 3 is 2.54 bits per heavy atom. The molecule has 0 bridgehead atoms. The van der Waals surface area contributed by atoms with Crippen LogP contribution in [0.3, 0.4) is 0 Å². The average molecular weight is 616 g/mol. The molecule has 1 N–H and O–H groups in total. The highest BCUT2D eigenvalue weighted by molar-refractivity contribution is 8.18. The van der Waals surface area contributed by atoms with Crippen LogP contribution in [0.1, 0.15) is 23.6 Å². The number of hydrogen-bond donors (Lipinski definition) is 1. The van der Waals surface area contributed by atoms with E-state index in [1.165, 1.54) is 0 Å². The van der Waals surface area contributed by atoms with Crippen molar-refractivity contribution in [2.24, 2.45) is 0 Å². The highest BCUT2D eigenvalue weighted by Crippen LogP contribution is 2.39. The van der Waals surface area contributed by atoms with Gasteiger partial charge in [0.2, 0.25) is 0 Å². The molecule has 0 spiro atoms. The number of halogens is 2. The molecule has 1 saturated heterocycles. The van der Waals surface area contributed by atoms with Crippen LogP contribution in [0.2, 0.25) is 10.0 Å². The summed E-state index contributed by atoms with van der Waals surface area (Å²) >= 11 is 13.5. The summed E-state index contributed by atoms with van der Waals surface area (Å²) in [7, 11) is 0. The van der Waals surface area contributed by atoms with Gasteiger partial charge in [-0.25, -0.2) is 0 Å². The molecule has 0 aliphatic carbocycles. The molecule has 11 heteroatoms. The minimum atomic E-state index is -0.421. The number of aryl methyl sites for hydroxylation is 2. The summed E-state index contributed by atoms with van der Waals surface area (Å²) in [6, 6.07) is 15.9. The van der Waals surface area contributed by atoms with E-state index in [0.717, 1.165) is 27.8 Å². The van der Waals surface area contributed by atoms with Gasteiger partial charge >= 0.3 is 0 Å². The van der Waals surface area contributed by atoms with E-state index in [2.05, 4.69) is 5.32 Å². The van der Waals surface area contributed by atoms with Gasteiger partial charge < -0.3 is 19.5 Å². The second kappa shape index (κ2) is 13.8. The van der Waals surface area contributed by atoms with Gasteiger partial charge in [-0.3, -0.25) is 19.3 Å². The summed E-state index contributed by atoms with van der Waals surface area (Å²) in [5, 5.41) is 3.06. The van der Waals surface area contributed by atoms with E-state index < -0.39 is 11.8 Å². The molecule has 0 unspecified atom stereocenters. The Morgan fingerprint density at radius 2 is 1.80 bits per heavy atom. The van der Waals surface area contributed by atoms with Gasteiger partial charge in [0.25, 0.3) is 17.1 Å². The second-order valence-corrected chi connectivity index (χ2v) is 10.9. The lowest BCUT2D eigenvalue weighted by Crippen LogP contribution is -2.32. The number of amides is 3. The first-order valence-corrected chi connectivity index (χ1v) is 14.3. The Balaban J connectivity index is 1.42. The lowest BCUT2D eigenvalue weighted by atomic mass is 10.1. The van der Waals surface area contributed by atoms with E-state index in [9.17, 15) is 14.4 Å². The van der Waals surface area contributed by atoms with Crippen molar-refractivity contribution < 1.29 is 28.6 Å². The number of benzene rings is 3. The number of anilines is 1. The normalized spacial score (nSPS) is 14.0. The van der Waals surface area contributed by atoms with Crippen LogP contribution in [0.4, 0.5) is 10.5 Å². The Kier molecular flexibility index (Phi) is 10.2. The van der Waals surface area contributed by atoms with Crippen molar-refractivity contribution in [1.82, 2.24) is 4.90 Å². The third kappa shape index (κ3) is 7.97. The van der Waals surface area contributed by atoms with Crippen LogP contribution in [0.5, 0.6) is 17.2 Å². The Hall–Kier alpha value is -3.66. The summed E-state index contributed by atoms with van der Waals surface area (Å²) in [6.45, 7) is 5.89. The molecular weight excluding hydrogens is 587 g/mol. The number of ether oxygens (including phenoxy) is 3. The largest absolute Gasteiger partial charge is 0.492 e. The molecule has 4 rings (SSSR count). The monoisotopic (exact) mass is 614 g/mol. The fourth-order valence-electron chi connectivity index (χ4n) is 3.88. The van der Waals surface area contributed by atoms with Crippen molar-refractivity contribution in [2.75, 3.05) is 31.7 Å². The summed E-state index contributed by atoms with van der Waals surface area (Å²) in [5.41, 5.74) is 3.02. The lowest BCUT2D eigenvalue weighted by Gasteiger charge is -2.15. The zero-order valence-corrected chi connectivity index (χ0v) is 25.0. The zero-order chi connectivity index (χ0) is 29.5. The maximum absolute atomic E-state index is 13.0. The smallest absolute Gasteiger partial charge is 0.293 e. The van der Waals surface area contributed by atoms with E-state index in [-0.39, 0.29) is 40.7 Å². The second-order valence-electron chi connectivity index (χ2n) is 9.06. The highest BCUT2D eigenvalue weighted by Gasteiger charge is 2.35. The summed E-state index contributed by atoms with van der Waals surface area (Å²) < 4.78 is 17.1. The van der Waals surface area contributed by atoms with Crippen LogP contribution in [0.15, 0.2) is 59.5 Å². The number of carbonyl (C=O) groups excluding carboxylic acids is 3. The molecule has 0 atom stereocenters. The molecule has 0 aromatic heterocycles. The molecule has 41 heavy (non-hydrogen) atoms. The van der Waals surface area contributed by atoms with Crippen LogP contribution in [0, 0.1) is 13.8 Å². The number of thioether (sulfide) groups is 1. The topological polar surface area (TPSA) is 94.2 Å². The van der Waals surface area contributed by atoms with E-state index in [4.69, 9.17) is 37.4 Å². The fourth-order valence-corrected chi connectivity index (χ4v) is 5.20. The highest BCUT2D eigenvalue weighted by atomic mass is 35.5. The maximum atomic E-state index is 13.0. The van der Waals surface area contributed by atoms with Gasteiger partial charge in [0.05, 0.1) is 23.1 Å². The molecule has 0 radical (unpaired) electrons. The van der Waals surface area contributed by atoms with Crippen molar-refractivity contribution in [3.05, 3.63) is 86.2 Å². The summed E-state index contributed by atoms with van der Waals surface area (Å²) in [6.07, 6.45) is 1.57. The predicted molar refractivity (Wildman–Crippen MR) is 162 cm³/mol. The Bertz CT molecular complexity index is 1510. The van der Waals surface area contributed by atoms with E-state index in [0.29, 0.717) is 34.4 Å². The van der Waals surface area contributed by atoms with Crippen LogP contribution in [0.25, 0.3) is 6.08 Å². The van der Waals surface area contributed by atoms with Crippen LogP contribution in [-0.2, 0) is 9.59 Å². The number of nitrogens with zero attached hydrogens (tertiary/aromatic N) is 1. The van der Waals surface area contributed by atoms with Crippen LogP contribution >= 0.6 is 35.0 Å². The maximum Gasteiger partial charge on any atom is 0.293 e. The molecule has 8 nitrogen and oxygen atoms in total. The molecular formula is C30H28Cl2N2O6S. The molecule has 1 fully saturated rings. The quantitative estimate of drug-likeness (QED) is 0.229. The van der Waals surface area contributed by atoms with Crippen LogP contribution < -0.4 is 19.5 Å². The van der Waals surface area contributed by atoms with Crippen LogP contribution in [-0.4, -0.2) is 48.3 Å². The van der Waals surface area contributed by atoms with E-state index >= 15 is 0 Å². The standard InChI is InChI=1S/C30H28Cl2N2O6S/c1-4-38-25-14-20(13-24(32)28(25)40-17-27(35)33-21-9-8-19(3)23(31)16-21)15-26-29(36)34(30(37)41-26)10-11-39-22-7-5-6-18(2)12-22/h5-9,12-16H,4,10-11,17H2,1-3H3,(H,33,35)/b26-15-. The third-order valence-electron chi connectivity index (χ3n) is 5.88. The van der Waals surface area contributed by atoms with Gasteiger partial charge in [0.1, 0.15) is 12.4 Å². The first-order chi connectivity index (χ1) is 19.6. The van der Waals surface area contributed by atoms with Gasteiger partial charge in [-0.05, 0) is 91.7 Å². The first kappa shape index (κ1) is 30.3. The van der Waals surface area contributed by atoms with E-state index in [1.807, 2.05) is 38.1 Å². The lowest BCUT2D eigenvalue weighted by molar-refractivity contribution is -0.123. The van der Waals surface area contributed by atoms with Gasteiger partial charge in [0, 0.05) is 10.7 Å². The minimum absolute atomic E-state index is 0.116. The first-order valence-electron chi connectivity index (χ1n) is 12.7. The Labute approximate surface area is 252 Å². The van der Waals surface area contributed by atoms with Crippen molar-refractivity contribution in [3.8, 4) is 17.2 Å².